The molecule has 0 heterocycles. The van der Waals surface area contributed by atoms with Gasteiger partial charge in [-0.1, -0.05) is 12.1 Å². The Morgan fingerprint density at radius 1 is 1.14 bits per heavy atom. The minimum atomic E-state index is -1.26. The molecule has 0 unspecified atom stereocenters. The summed E-state index contributed by atoms with van der Waals surface area (Å²) in [6.07, 6.45) is -0.830. The topological polar surface area (TPSA) is 102 Å². The van der Waals surface area contributed by atoms with E-state index in [1.165, 1.54) is 31.2 Å². The predicted molar refractivity (Wildman–Crippen MR) is 77.5 cm³/mol. The molecule has 0 saturated heterocycles. The summed E-state index contributed by atoms with van der Waals surface area (Å²) in [6, 6.07) is 4.54. The van der Waals surface area contributed by atoms with Crippen LogP contribution in [0.15, 0.2) is 24.3 Å². The van der Waals surface area contributed by atoms with E-state index < -0.39 is 29.7 Å². The minimum Gasteiger partial charge on any atom is -0.479 e. The number of carbonyl (C=O) groups excluding carboxylic acids is 2. The van der Waals surface area contributed by atoms with Gasteiger partial charge in [-0.25, -0.2) is 9.59 Å². The molecule has 1 amide bonds. The Balaban J connectivity index is 2.85. The van der Waals surface area contributed by atoms with Crippen LogP contribution in [0.3, 0.4) is 0 Å². The first-order chi connectivity index (χ1) is 10.1. The van der Waals surface area contributed by atoms with E-state index in [0.29, 0.717) is 5.56 Å². The van der Waals surface area contributed by atoms with Crippen molar-refractivity contribution >= 4 is 18.0 Å². The molecule has 1 aromatic carbocycles. The van der Waals surface area contributed by atoms with Gasteiger partial charge in [0.1, 0.15) is 11.4 Å². The molecule has 0 aromatic heterocycles. The molecule has 1 rings (SSSR count). The van der Waals surface area contributed by atoms with Crippen LogP contribution in [0, 0.1) is 0 Å². The highest BCUT2D eigenvalue weighted by molar-refractivity contribution is 5.81. The Morgan fingerprint density at radius 3 is 2.09 bits per heavy atom. The SMILES string of the molecule is CC(=O)Oc1ccc([C@@H](NC(=O)OC(C)(C)C)C(=O)O)cc1. The Bertz CT molecular complexity index is 558. The van der Waals surface area contributed by atoms with Crippen molar-refractivity contribution in [1.29, 1.82) is 0 Å². The average molecular weight is 309 g/mol. The number of rotatable bonds is 4. The van der Waals surface area contributed by atoms with Crippen molar-refractivity contribution in [3.05, 3.63) is 29.8 Å². The van der Waals surface area contributed by atoms with Crippen LogP contribution in [-0.2, 0) is 14.3 Å². The molecule has 0 aliphatic carbocycles. The average Bonchev–Trinajstić information content (AvgIpc) is 2.34. The van der Waals surface area contributed by atoms with Crippen molar-refractivity contribution in [3.63, 3.8) is 0 Å². The second kappa shape index (κ2) is 6.93. The van der Waals surface area contributed by atoms with Gasteiger partial charge < -0.3 is 19.9 Å². The molecule has 1 aromatic rings. The molecule has 0 aliphatic heterocycles. The number of amides is 1. The van der Waals surface area contributed by atoms with Crippen molar-refractivity contribution in [2.45, 2.75) is 39.3 Å². The summed E-state index contributed by atoms with van der Waals surface area (Å²) in [4.78, 5) is 33.8. The van der Waals surface area contributed by atoms with E-state index in [-0.39, 0.29) is 5.75 Å². The molecule has 0 aliphatic rings. The van der Waals surface area contributed by atoms with Gasteiger partial charge in [0, 0.05) is 6.92 Å². The number of hydrogen-bond acceptors (Lipinski definition) is 5. The molecule has 0 spiro atoms. The molecule has 120 valence electrons. The summed E-state index contributed by atoms with van der Waals surface area (Å²) in [5.41, 5.74) is -0.402. The maximum atomic E-state index is 11.7. The number of nitrogens with one attached hydrogen (secondary N) is 1. The third-order valence-electron chi connectivity index (χ3n) is 2.38. The molecule has 0 saturated carbocycles. The highest BCUT2D eigenvalue weighted by atomic mass is 16.6. The largest absolute Gasteiger partial charge is 0.479 e. The molecular weight excluding hydrogens is 290 g/mol. The van der Waals surface area contributed by atoms with Crippen LogP contribution in [0.5, 0.6) is 5.75 Å². The van der Waals surface area contributed by atoms with Crippen LogP contribution in [0.1, 0.15) is 39.3 Å². The van der Waals surface area contributed by atoms with Crippen LogP contribution in [0.2, 0.25) is 0 Å². The fraction of sp³-hybridized carbons (Fsp3) is 0.400. The van der Waals surface area contributed by atoms with Gasteiger partial charge in [-0.2, -0.15) is 0 Å². The lowest BCUT2D eigenvalue weighted by molar-refractivity contribution is -0.139. The summed E-state index contributed by atoms with van der Waals surface area (Å²) < 4.78 is 9.89. The third kappa shape index (κ3) is 5.82. The lowest BCUT2D eigenvalue weighted by Gasteiger charge is -2.22. The first-order valence-electron chi connectivity index (χ1n) is 6.59. The molecule has 0 bridgehead atoms. The first-order valence-corrected chi connectivity index (χ1v) is 6.59. The van der Waals surface area contributed by atoms with Crippen LogP contribution < -0.4 is 10.1 Å². The van der Waals surface area contributed by atoms with Crippen LogP contribution in [0.25, 0.3) is 0 Å². The second-order valence-corrected chi connectivity index (χ2v) is 5.58. The maximum Gasteiger partial charge on any atom is 0.408 e. The van der Waals surface area contributed by atoms with Crippen molar-refractivity contribution in [1.82, 2.24) is 5.32 Å². The summed E-state index contributed by atoms with van der Waals surface area (Å²) in [6.45, 7) is 6.29. The number of ether oxygens (including phenoxy) is 2. The maximum absolute atomic E-state index is 11.7. The van der Waals surface area contributed by atoms with Gasteiger partial charge in [-0.3, -0.25) is 4.79 Å². The number of esters is 1. The highest BCUT2D eigenvalue weighted by Gasteiger charge is 2.25. The van der Waals surface area contributed by atoms with E-state index in [1.54, 1.807) is 20.8 Å². The molecule has 0 fully saturated rings. The Labute approximate surface area is 128 Å². The zero-order valence-electron chi connectivity index (χ0n) is 12.9. The minimum absolute atomic E-state index is 0.289. The van der Waals surface area contributed by atoms with Gasteiger partial charge >= 0.3 is 18.0 Å². The van der Waals surface area contributed by atoms with E-state index in [2.05, 4.69) is 5.32 Å². The first kappa shape index (κ1) is 17.5. The highest BCUT2D eigenvalue weighted by Crippen LogP contribution is 2.19. The molecule has 2 N–H and O–H groups in total. The number of aliphatic carboxylic acids is 1. The van der Waals surface area contributed by atoms with Crippen LogP contribution in [-0.4, -0.2) is 28.7 Å². The summed E-state index contributed by atoms with van der Waals surface area (Å²) in [5.74, 6) is -1.42. The summed E-state index contributed by atoms with van der Waals surface area (Å²) >= 11 is 0. The van der Waals surface area contributed by atoms with Crippen molar-refractivity contribution < 1.29 is 29.0 Å². The van der Waals surface area contributed by atoms with Gasteiger partial charge in [0.15, 0.2) is 6.04 Å². The fourth-order valence-corrected chi connectivity index (χ4v) is 1.61. The third-order valence-corrected chi connectivity index (χ3v) is 2.38. The molecular formula is C15H19NO6. The number of carbonyl (C=O) groups is 3. The Hall–Kier alpha value is -2.57. The molecule has 7 nitrogen and oxygen atoms in total. The zero-order valence-corrected chi connectivity index (χ0v) is 12.9. The van der Waals surface area contributed by atoms with Gasteiger partial charge in [0.25, 0.3) is 0 Å². The van der Waals surface area contributed by atoms with Crippen molar-refractivity contribution in [2.75, 3.05) is 0 Å². The zero-order chi connectivity index (χ0) is 16.9. The van der Waals surface area contributed by atoms with E-state index in [1.807, 2.05) is 0 Å². The van der Waals surface area contributed by atoms with E-state index in [9.17, 15) is 19.5 Å². The van der Waals surface area contributed by atoms with Crippen molar-refractivity contribution in [3.8, 4) is 5.75 Å². The Morgan fingerprint density at radius 2 is 1.68 bits per heavy atom. The number of alkyl carbamates (subject to hydrolysis) is 1. The quantitative estimate of drug-likeness (QED) is 0.653. The lowest BCUT2D eigenvalue weighted by Crippen LogP contribution is -2.38. The van der Waals surface area contributed by atoms with Gasteiger partial charge in [0.05, 0.1) is 0 Å². The van der Waals surface area contributed by atoms with Gasteiger partial charge in [-0.05, 0) is 38.5 Å². The van der Waals surface area contributed by atoms with E-state index in [0.717, 1.165) is 0 Å². The lowest BCUT2D eigenvalue weighted by atomic mass is 10.1. The number of benzene rings is 1. The molecule has 7 heteroatoms. The van der Waals surface area contributed by atoms with Gasteiger partial charge in [-0.15, -0.1) is 0 Å². The Kier molecular flexibility index (Phi) is 5.50. The number of carboxylic acids is 1. The van der Waals surface area contributed by atoms with Gasteiger partial charge in [0.2, 0.25) is 0 Å². The molecule has 1 atom stereocenters. The van der Waals surface area contributed by atoms with Crippen LogP contribution in [0.4, 0.5) is 4.79 Å². The predicted octanol–water partition coefficient (Wildman–Crippen LogP) is 2.26. The summed E-state index contributed by atoms with van der Waals surface area (Å²) in [5, 5.41) is 11.5. The standard InChI is InChI=1S/C15H19NO6/c1-9(17)21-11-7-5-10(6-8-11)12(13(18)19)16-14(20)22-15(2,3)4/h5-8,12H,1-4H3,(H,16,20)(H,18,19)/t12-/m1/s1. The van der Waals surface area contributed by atoms with Crippen LogP contribution >= 0.6 is 0 Å². The van der Waals surface area contributed by atoms with E-state index in [4.69, 9.17) is 9.47 Å². The molecule has 0 radical (unpaired) electrons. The van der Waals surface area contributed by atoms with E-state index >= 15 is 0 Å². The fourth-order valence-electron chi connectivity index (χ4n) is 1.61. The number of carboxylic acid groups (broad SMARTS) is 1. The normalized spacial score (nSPS) is 12.2. The summed E-state index contributed by atoms with van der Waals surface area (Å²) in [7, 11) is 0. The number of hydrogen-bond donors (Lipinski definition) is 2. The smallest absolute Gasteiger partial charge is 0.408 e. The molecule has 22 heavy (non-hydrogen) atoms. The monoisotopic (exact) mass is 309 g/mol. The second-order valence-electron chi connectivity index (χ2n) is 5.58. The van der Waals surface area contributed by atoms with Crippen molar-refractivity contribution in [2.24, 2.45) is 0 Å².